The van der Waals surface area contributed by atoms with E-state index in [4.69, 9.17) is 15.2 Å². The summed E-state index contributed by atoms with van der Waals surface area (Å²) in [7, 11) is 1.61. The van der Waals surface area contributed by atoms with Crippen molar-refractivity contribution in [3.63, 3.8) is 0 Å². The van der Waals surface area contributed by atoms with E-state index in [0.29, 0.717) is 12.5 Å². The number of aromatic nitrogens is 1. The maximum atomic E-state index is 6.18. The summed E-state index contributed by atoms with van der Waals surface area (Å²) in [5.41, 5.74) is 9.68. The number of pyridine rings is 1. The number of hydrogen-bond donors (Lipinski definition) is 1. The fourth-order valence-corrected chi connectivity index (χ4v) is 2.78. The van der Waals surface area contributed by atoms with Gasteiger partial charge in [0.05, 0.1) is 12.7 Å². The lowest BCUT2D eigenvalue weighted by Crippen LogP contribution is -2.17. The number of ether oxygens (including phenoxy) is 2. The van der Waals surface area contributed by atoms with Gasteiger partial charge in [0.1, 0.15) is 12.4 Å². The van der Waals surface area contributed by atoms with Crippen molar-refractivity contribution < 1.29 is 9.47 Å². The van der Waals surface area contributed by atoms with Gasteiger partial charge >= 0.3 is 0 Å². The summed E-state index contributed by atoms with van der Waals surface area (Å²) < 4.78 is 11.1. The number of rotatable bonds is 4. The van der Waals surface area contributed by atoms with Crippen LogP contribution < -0.4 is 15.2 Å². The van der Waals surface area contributed by atoms with Crippen molar-refractivity contribution in [1.82, 2.24) is 4.98 Å². The maximum Gasteiger partial charge on any atom is 0.219 e. The van der Waals surface area contributed by atoms with E-state index in [1.54, 1.807) is 13.3 Å². The average molecular weight is 284 g/mol. The van der Waals surface area contributed by atoms with Gasteiger partial charge in [-0.05, 0) is 54.7 Å². The first-order valence-electron chi connectivity index (χ1n) is 7.27. The highest BCUT2D eigenvalue weighted by atomic mass is 16.5. The summed E-state index contributed by atoms with van der Waals surface area (Å²) >= 11 is 0. The summed E-state index contributed by atoms with van der Waals surface area (Å²) in [6, 6.07) is 10.2. The molecule has 3 rings (SSSR count). The lowest BCUT2D eigenvalue weighted by atomic mass is 9.88. The van der Waals surface area contributed by atoms with E-state index < -0.39 is 0 Å². The number of nitrogens with two attached hydrogens (primary N) is 1. The lowest BCUT2D eigenvalue weighted by molar-refractivity contribution is 0.293. The molecule has 0 saturated heterocycles. The summed E-state index contributed by atoms with van der Waals surface area (Å²) in [6.45, 7) is 0.436. The summed E-state index contributed by atoms with van der Waals surface area (Å²) in [6.07, 6.45) is 5.04. The minimum absolute atomic E-state index is 0.130. The molecule has 4 heteroatoms. The van der Waals surface area contributed by atoms with Crippen LogP contribution in [0.5, 0.6) is 11.6 Å². The highest BCUT2D eigenvalue weighted by Gasteiger charge is 2.17. The Balaban J connectivity index is 1.75. The van der Waals surface area contributed by atoms with Gasteiger partial charge in [-0.1, -0.05) is 6.07 Å². The second-order valence-corrected chi connectivity index (χ2v) is 5.32. The van der Waals surface area contributed by atoms with Crippen LogP contribution in [0.25, 0.3) is 0 Å². The predicted octanol–water partition coefficient (Wildman–Crippen LogP) is 3.01. The van der Waals surface area contributed by atoms with Crippen molar-refractivity contribution >= 4 is 0 Å². The summed E-state index contributed by atoms with van der Waals surface area (Å²) in [5, 5.41) is 0. The van der Waals surface area contributed by atoms with E-state index in [1.807, 2.05) is 18.2 Å². The van der Waals surface area contributed by atoms with E-state index in [9.17, 15) is 0 Å². The minimum Gasteiger partial charge on any atom is -0.489 e. The van der Waals surface area contributed by atoms with Crippen LogP contribution in [-0.2, 0) is 13.0 Å². The maximum absolute atomic E-state index is 6.18. The van der Waals surface area contributed by atoms with Gasteiger partial charge in [-0.2, -0.15) is 0 Å². The number of benzene rings is 1. The average Bonchev–Trinajstić information content (AvgIpc) is 2.54. The molecular weight excluding hydrogens is 264 g/mol. The van der Waals surface area contributed by atoms with Crippen LogP contribution in [0, 0.1) is 0 Å². The molecule has 1 aromatic heterocycles. The van der Waals surface area contributed by atoms with Crippen LogP contribution in [0.3, 0.4) is 0 Å². The fraction of sp³-hybridized carbons (Fsp3) is 0.353. The third kappa shape index (κ3) is 3.00. The highest BCUT2D eigenvalue weighted by molar-refractivity contribution is 5.39. The van der Waals surface area contributed by atoms with Crippen LogP contribution in [0.4, 0.5) is 0 Å². The van der Waals surface area contributed by atoms with Gasteiger partial charge in [-0.3, -0.25) is 0 Å². The molecule has 0 bridgehead atoms. The van der Waals surface area contributed by atoms with Crippen molar-refractivity contribution in [2.75, 3.05) is 7.11 Å². The van der Waals surface area contributed by atoms with Crippen molar-refractivity contribution in [3.05, 3.63) is 53.2 Å². The smallest absolute Gasteiger partial charge is 0.219 e. The van der Waals surface area contributed by atoms with E-state index in [0.717, 1.165) is 24.2 Å². The third-order valence-corrected chi connectivity index (χ3v) is 3.92. The molecule has 0 radical (unpaired) electrons. The van der Waals surface area contributed by atoms with Crippen LogP contribution >= 0.6 is 0 Å². The van der Waals surface area contributed by atoms with E-state index in [-0.39, 0.29) is 6.04 Å². The molecule has 1 atom stereocenters. The Labute approximate surface area is 124 Å². The Kier molecular flexibility index (Phi) is 4.06. The van der Waals surface area contributed by atoms with Gasteiger partial charge in [-0.15, -0.1) is 0 Å². The first-order chi connectivity index (χ1) is 10.3. The van der Waals surface area contributed by atoms with Crippen LogP contribution in [0.1, 0.15) is 35.6 Å². The predicted molar refractivity (Wildman–Crippen MR) is 81.4 cm³/mol. The number of hydrogen-bond acceptors (Lipinski definition) is 4. The number of aryl methyl sites for hydroxylation is 1. The molecule has 1 aliphatic carbocycles. The van der Waals surface area contributed by atoms with Crippen molar-refractivity contribution in [2.45, 2.75) is 31.9 Å². The molecule has 1 aliphatic rings. The second kappa shape index (κ2) is 6.14. The Bertz CT molecular complexity index is 628. The monoisotopic (exact) mass is 284 g/mol. The van der Waals surface area contributed by atoms with Gasteiger partial charge in [-0.25, -0.2) is 4.98 Å². The molecule has 0 aliphatic heterocycles. The Morgan fingerprint density at radius 3 is 3.10 bits per heavy atom. The number of methoxy groups -OCH3 is 1. The van der Waals surface area contributed by atoms with E-state index in [1.165, 1.54) is 17.5 Å². The molecule has 0 saturated carbocycles. The molecule has 2 N–H and O–H groups in total. The lowest BCUT2D eigenvalue weighted by Gasteiger charge is -2.22. The molecule has 0 unspecified atom stereocenters. The minimum atomic E-state index is 0.130. The number of nitrogens with zero attached hydrogens (tertiary/aromatic N) is 1. The molecule has 0 fully saturated rings. The molecule has 1 heterocycles. The van der Waals surface area contributed by atoms with Gasteiger partial charge in [0.25, 0.3) is 0 Å². The molecule has 0 amide bonds. The second-order valence-electron chi connectivity index (χ2n) is 5.32. The van der Waals surface area contributed by atoms with Gasteiger partial charge < -0.3 is 15.2 Å². The summed E-state index contributed by atoms with van der Waals surface area (Å²) in [5.74, 6) is 1.45. The molecule has 4 nitrogen and oxygen atoms in total. The molecule has 21 heavy (non-hydrogen) atoms. The van der Waals surface area contributed by atoms with Crippen molar-refractivity contribution in [1.29, 1.82) is 0 Å². The molecule has 1 aromatic carbocycles. The Morgan fingerprint density at radius 1 is 1.33 bits per heavy atom. The SMILES string of the molecule is COc1ncccc1COc1ccc2c(c1)[C@@H](N)CCC2. The zero-order valence-corrected chi connectivity index (χ0v) is 12.2. The summed E-state index contributed by atoms with van der Waals surface area (Å²) in [4.78, 5) is 4.17. The fourth-order valence-electron chi connectivity index (χ4n) is 2.78. The van der Waals surface area contributed by atoms with Crippen LogP contribution in [0.2, 0.25) is 0 Å². The Hall–Kier alpha value is -2.07. The largest absolute Gasteiger partial charge is 0.489 e. The van der Waals surface area contributed by atoms with Crippen molar-refractivity contribution in [2.24, 2.45) is 5.73 Å². The topological polar surface area (TPSA) is 57.4 Å². The van der Waals surface area contributed by atoms with E-state index in [2.05, 4.69) is 17.1 Å². The van der Waals surface area contributed by atoms with Crippen LogP contribution in [-0.4, -0.2) is 12.1 Å². The van der Waals surface area contributed by atoms with Gasteiger partial charge in [0.15, 0.2) is 0 Å². The molecule has 2 aromatic rings. The first-order valence-corrected chi connectivity index (χ1v) is 7.27. The van der Waals surface area contributed by atoms with Gasteiger partial charge in [0, 0.05) is 12.2 Å². The van der Waals surface area contributed by atoms with E-state index >= 15 is 0 Å². The zero-order valence-electron chi connectivity index (χ0n) is 12.2. The molecular formula is C17H20N2O2. The van der Waals surface area contributed by atoms with Gasteiger partial charge in [0.2, 0.25) is 5.88 Å². The zero-order chi connectivity index (χ0) is 14.7. The first kappa shape index (κ1) is 13.9. The van der Waals surface area contributed by atoms with Crippen LogP contribution in [0.15, 0.2) is 36.5 Å². The standard InChI is InChI=1S/C17H20N2O2/c1-20-17-13(5-3-9-19-17)11-21-14-8-7-12-4-2-6-16(18)15(12)10-14/h3,5,7-10,16H,2,4,6,11,18H2,1H3/t16-/m0/s1. The number of fused-ring (bicyclic) bond motifs is 1. The van der Waals surface area contributed by atoms with Crippen molar-refractivity contribution in [3.8, 4) is 11.6 Å². The quantitative estimate of drug-likeness (QED) is 0.937. The third-order valence-electron chi connectivity index (χ3n) is 3.92. The highest BCUT2D eigenvalue weighted by Crippen LogP contribution is 2.31. The Morgan fingerprint density at radius 2 is 2.24 bits per heavy atom. The molecule has 110 valence electrons. The normalized spacial score (nSPS) is 17.1. The molecule has 0 spiro atoms.